The smallest absolute Gasteiger partial charge is 0.226 e. The van der Waals surface area contributed by atoms with Gasteiger partial charge in [-0.25, -0.2) is 0 Å². The van der Waals surface area contributed by atoms with Crippen molar-refractivity contribution in [1.82, 2.24) is 5.32 Å². The summed E-state index contributed by atoms with van der Waals surface area (Å²) in [7, 11) is 0. The summed E-state index contributed by atoms with van der Waals surface area (Å²) in [5, 5.41) is 6.12. The lowest BCUT2D eigenvalue weighted by Crippen LogP contribution is -2.30. The fourth-order valence-corrected chi connectivity index (χ4v) is 2.04. The van der Waals surface area contributed by atoms with Gasteiger partial charge in [0.05, 0.1) is 18.9 Å². The maximum atomic E-state index is 12.1. The van der Waals surface area contributed by atoms with Crippen molar-refractivity contribution in [3.8, 4) is 11.5 Å². The van der Waals surface area contributed by atoms with Crippen LogP contribution in [0.15, 0.2) is 18.2 Å². The SMILES string of the molecule is CCNC(C)CC(=O)Nc1cc(OCC)ccc1OCC. The van der Waals surface area contributed by atoms with Crippen LogP contribution >= 0.6 is 0 Å². The first kappa shape index (κ1) is 17.3. The number of nitrogens with one attached hydrogen (secondary N) is 2. The molecule has 0 spiro atoms. The lowest BCUT2D eigenvalue weighted by Gasteiger charge is -2.15. The third-order valence-corrected chi connectivity index (χ3v) is 2.88. The molecule has 0 saturated carbocycles. The van der Waals surface area contributed by atoms with E-state index in [4.69, 9.17) is 9.47 Å². The Kier molecular flexibility index (Phi) is 7.61. The Morgan fingerprint density at radius 1 is 1.19 bits per heavy atom. The van der Waals surface area contributed by atoms with E-state index in [9.17, 15) is 4.79 Å². The maximum Gasteiger partial charge on any atom is 0.226 e. The molecule has 1 aromatic rings. The highest BCUT2D eigenvalue weighted by Crippen LogP contribution is 2.29. The lowest BCUT2D eigenvalue weighted by atomic mass is 10.2. The minimum atomic E-state index is -0.0435. The molecule has 1 amide bonds. The molecule has 0 aliphatic rings. The van der Waals surface area contributed by atoms with E-state index in [-0.39, 0.29) is 11.9 Å². The van der Waals surface area contributed by atoms with Crippen LogP contribution in [0.5, 0.6) is 11.5 Å². The predicted molar refractivity (Wildman–Crippen MR) is 85.2 cm³/mol. The van der Waals surface area contributed by atoms with Gasteiger partial charge < -0.3 is 20.1 Å². The number of rotatable bonds is 9. The molecule has 1 rings (SSSR count). The minimum Gasteiger partial charge on any atom is -0.494 e. The molecule has 5 heteroatoms. The molecular weight excluding hydrogens is 268 g/mol. The zero-order valence-electron chi connectivity index (χ0n) is 13.4. The van der Waals surface area contributed by atoms with E-state index in [1.54, 1.807) is 6.07 Å². The molecule has 1 aromatic carbocycles. The summed E-state index contributed by atoms with van der Waals surface area (Å²) in [5.74, 6) is 1.33. The first-order valence-electron chi connectivity index (χ1n) is 7.53. The quantitative estimate of drug-likeness (QED) is 0.735. The van der Waals surface area contributed by atoms with Crippen LogP contribution in [0, 0.1) is 0 Å². The number of hydrogen-bond acceptors (Lipinski definition) is 4. The summed E-state index contributed by atoms with van der Waals surface area (Å²) in [5.41, 5.74) is 0.650. The van der Waals surface area contributed by atoms with E-state index in [1.165, 1.54) is 0 Å². The molecule has 0 bridgehead atoms. The highest BCUT2D eigenvalue weighted by Gasteiger charge is 2.12. The van der Waals surface area contributed by atoms with Gasteiger partial charge in [-0.1, -0.05) is 6.92 Å². The minimum absolute atomic E-state index is 0.0435. The van der Waals surface area contributed by atoms with Gasteiger partial charge in [-0.2, -0.15) is 0 Å². The highest BCUT2D eigenvalue weighted by molar-refractivity contribution is 5.92. The van der Waals surface area contributed by atoms with Crippen LogP contribution in [-0.4, -0.2) is 31.7 Å². The molecule has 0 aliphatic carbocycles. The lowest BCUT2D eigenvalue weighted by molar-refractivity contribution is -0.116. The van der Waals surface area contributed by atoms with Gasteiger partial charge in [0.2, 0.25) is 5.91 Å². The second kappa shape index (κ2) is 9.23. The summed E-state index contributed by atoms with van der Waals surface area (Å²) in [6.07, 6.45) is 0.415. The van der Waals surface area contributed by atoms with Crippen molar-refractivity contribution in [2.45, 2.75) is 40.2 Å². The number of carbonyl (C=O) groups is 1. The zero-order chi connectivity index (χ0) is 15.7. The summed E-state index contributed by atoms with van der Waals surface area (Å²) >= 11 is 0. The number of carbonyl (C=O) groups excluding carboxylic acids is 1. The molecule has 1 unspecified atom stereocenters. The number of ether oxygens (including phenoxy) is 2. The first-order chi connectivity index (χ1) is 10.1. The van der Waals surface area contributed by atoms with Crippen LogP contribution in [0.2, 0.25) is 0 Å². The van der Waals surface area contributed by atoms with Crippen LogP contribution in [0.4, 0.5) is 5.69 Å². The molecular formula is C16H26N2O3. The van der Waals surface area contributed by atoms with Gasteiger partial charge in [-0.3, -0.25) is 4.79 Å². The van der Waals surface area contributed by atoms with E-state index in [0.29, 0.717) is 31.1 Å². The van der Waals surface area contributed by atoms with Crippen LogP contribution in [0.1, 0.15) is 34.1 Å². The number of hydrogen-bond donors (Lipinski definition) is 2. The predicted octanol–water partition coefficient (Wildman–Crippen LogP) is 2.81. The van der Waals surface area contributed by atoms with Gasteiger partial charge in [0, 0.05) is 18.5 Å². The molecule has 0 saturated heterocycles. The zero-order valence-corrected chi connectivity index (χ0v) is 13.4. The second-order valence-electron chi connectivity index (χ2n) is 4.74. The fraction of sp³-hybridized carbons (Fsp3) is 0.562. The molecule has 1 atom stereocenters. The van der Waals surface area contributed by atoms with Crippen molar-refractivity contribution in [3.63, 3.8) is 0 Å². The highest BCUT2D eigenvalue weighted by atomic mass is 16.5. The first-order valence-corrected chi connectivity index (χ1v) is 7.53. The average Bonchev–Trinajstić information content (AvgIpc) is 2.42. The molecule has 0 aromatic heterocycles. The van der Waals surface area contributed by atoms with Crippen molar-refractivity contribution in [3.05, 3.63) is 18.2 Å². The van der Waals surface area contributed by atoms with E-state index in [1.807, 2.05) is 39.8 Å². The maximum absolute atomic E-state index is 12.1. The van der Waals surface area contributed by atoms with Crippen molar-refractivity contribution in [1.29, 1.82) is 0 Å². The Bertz CT molecular complexity index is 449. The van der Waals surface area contributed by atoms with Gasteiger partial charge in [-0.05, 0) is 39.4 Å². The van der Waals surface area contributed by atoms with Crippen molar-refractivity contribution >= 4 is 11.6 Å². The van der Waals surface area contributed by atoms with Crippen LogP contribution < -0.4 is 20.1 Å². The van der Waals surface area contributed by atoms with Gasteiger partial charge in [0.1, 0.15) is 11.5 Å². The molecule has 0 radical (unpaired) electrons. The van der Waals surface area contributed by atoms with E-state index in [2.05, 4.69) is 10.6 Å². The van der Waals surface area contributed by atoms with Gasteiger partial charge in [0.15, 0.2) is 0 Å². The Hall–Kier alpha value is -1.75. The Labute approximate surface area is 127 Å². The van der Waals surface area contributed by atoms with E-state index < -0.39 is 0 Å². The molecule has 0 aliphatic heterocycles. The summed E-state index contributed by atoms with van der Waals surface area (Å²) in [4.78, 5) is 12.1. The molecule has 0 heterocycles. The third-order valence-electron chi connectivity index (χ3n) is 2.88. The average molecular weight is 294 g/mol. The Balaban J connectivity index is 2.77. The molecule has 2 N–H and O–H groups in total. The topological polar surface area (TPSA) is 59.6 Å². The summed E-state index contributed by atoms with van der Waals surface area (Å²) in [6, 6.07) is 5.59. The summed E-state index contributed by atoms with van der Waals surface area (Å²) < 4.78 is 11.0. The number of anilines is 1. The van der Waals surface area contributed by atoms with Gasteiger partial charge in [0.25, 0.3) is 0 Å². The fourth-order valence-electron chi connectivity index (χ4n) is 2.04. The normalized spacial score (nSPS) is 11.8. The van der Waals surface area contributed by atoms with E-state index in [0.717, 1.165) is 12.3 Å². The van der Waals surface area contributed by atoms with Crippen molar-refractivity contribution in [2.75, 3.05) is 25.1 Å². The van der Waals surface area contributed by atoms with Gasteiger partial charge in [-0.15, -0.1) is 0 Å². The number of amides is 1. The van der Waals surface area contributed by atoms with Crippen LogP contribution in [0.3, 0.4) is 0 Å². The van der Waals surface area contributed by atoms with Crippen molar-refractivity contribution in [2.24, 2.45) is 0 Å². The van der Waals surface area contributed by atoms with Crippen LogP contribution in [0.25, 0.3) is 0 Å². The molecule has 118 valence electrons. The summed E-state index contributed by atoms with van der Waals surface area (Å²) in [6.45, 7) is 9.82. The third kappa shape index (κ3) is 6.04. The molecule has 21 heavy (non-hydrogen) atoms. The largest absolute Gasteiger partial charge is 0.494 e. The van der Waals surface area contributed by atoms with Crippen molar-refractivity contribution < 1.29 is 14.3 Å². The van der Waals surface area contributed by atoms with Crippen LogP contribution in [-0.2, 0) is 4.79 Å². The number of benzene rings is 1. The standard InChI is InChI=1S/C16H26N2O3/c1-5-17-12(4)10-16(19)18-14-11-13(20-6-2)8-9-15(14)21-7-3/h8-9,11-12,17H,5-7,10H2,1-4H3,(H,18,19). The van der Waals surface area contributed by atoms with Gasteiger partial charge >= 0.3 is 0 Å². The second-order valence-corrected chi connectivity index (χ2v) is 4.74. The molecule has 5 nitrogen and oxygen atoms in total. The molecule has 0 fully saturated rings. The Morgan fingerprint density at radius 2 is 1.90 bits per heavy atom. The Morgan fingerprint density at radius 3 is 2.52 bits per heavy atom. The van der Waals surface area contributed by atoms with E-state index >= 15 is 0 Å². The monoisotopic (exact) mass is 294 g/mol.